The molecule has 0 radical (unpaired) electrons. The van der Waals surface area contributed by atoms with E-state index < -0.39 is 0 Å². The summed E-state index contributed by atoms with van der Waals surface area (Å²) in [5, 5.41) is 14.9. The van der Waals surface area contributed by atoms with E-state index in [0.29, 0.717) is 29.6 Å². The highest BCUT2D eigenvalue weighted by molar-refractivity contribution is 5.94. The van der Waals surface area contributed by atoms with Crippen LogP contribution in [0.5, 0.6) is 0 Å². The van der Waals surface area contributed by atoms with Gasteiger partial charge in [0.15, 0.2) is 0 Å². The molecule has 0 aliphatic carbocycles. The van der Waals surface area contributed by atoms with E-state index in [9.17, 15) is 4.79 Å². The monoisotopic (exact) mass is 416 g/mol. The Balaban J connectivity index is 1.44. The van der Waals surface area contributed by atoms with Gasteiger partial charge in [-0.25, -0.2) is 0 Å². The first-order valence-electron chi connectivity index (χ1n) is 10.8. The molecule has 31 heavy (non-hydrogen) atoms. The van der Waals surface area contributed by atoms with Gasteiger partial charge >= 0.3 is 0 Å². The second kappa shape index (κ2) is 8.29. The lowest BCUT2D eigenvalue weighted by Crippen LogP contribution is -2.38. The van der Waals surface area contributed by atoms with Gasteiger partial charge in [0.25, 0.3) is 11.8 Å². The Morgan fingerprint density at radius 1 is 1.19 bits per heavy atom. The van der Waals surface area contributed by atoms with Crippen LogP contribution in [0.3, 0.4) is 0 Å². The normalized spacial score (nSPS) is 16.7. The molecule has 0 spiro atoms. The third-order valence-corrected chi connectivity index (χ3v) is 5.70. The van der Waals surface area contributed by atoms with Gasteiger partial charge in [-0.3, -0.25) is 14.5 Å². The van der Waals surface area contributed by atoms with Gasteiger partial charge in [-0.2, -0.15) is 5.10 Å². The summed E-state index contributed by atoms with van der Waals surface area (Å²) in [6.07, 6.45) is 8.92. The standard InChI is InChI=1S/C23H24N6O2/c1-2-12-28-15-17(14-25-28)23(30)29-13-6-5-9-19(29)21-26-27-22(31-21)20-18-8-4-3-7-16(18)10-11-24-20/h3-4,7-8,10-11,14-15,19H,2,5-6,9,12-13H2,1H3/t19-/m0/s1. The maximum Gasteiger partial charge on any atom is 0.267 e. The van der Waals surface area contributed by atoms with Crippen molar-refractivity contribution >= 4 is 16.7 Å². The van der Waals surface area contributed by atoms with E-state index in [0.717, 1.165) is 43.0 Å². The van der Waals surface area contributed by atoms with Gasteiger partial charge in [0.1, 0.15) is 11.7 Å². The average Bonchev–Trinajstić information content (AvgIpc) is 3.49. The third kappa shape index (κ3) is 3.69. The van der Waals surface area contributed by atoms with Crippen molar-refractivity contribution in [3.05, 3.63) is 60.4 Å². The highest BCUT2D eigenvalue weighted by atomic mass is 16.4. The van der Waals surface area contributed by atoms with Crippen LogP contribution in [0.4, 0.5) is 0 Å². The summed E-state index contributed by atoms with van der Waals surface area (Å²) in [7, 11) is 0. The van der Waals surface area contributed by atoms with E-state index in [1.807, 2.05) is 46.1 Å². The zero-order chi connectivity index (χ0) is 21.2. The predicted octanol–water partition coefficient (Wildman–Crippen LogP) is 4.26. The summed E-state index contributed by atoms with van der Waals surface area (Å²) in [6.45, 7) is 3.54. The number of carbonyl (C=O) groups is 1. The molecule has 1 aromatic carbocycles. The van der Waals surface area contributed by atoms with Crippen molar-refractivity contribution in [2.45, 2.75) is 45.2 Å². The van der Waals surface area contributed by atoms with Crippen molar-refractivity contribution in [3.63, 3.8) is 0 Å². The lowest BCUT2D eigenvalue weighted by molar-refractivity contribution is 0.0572. The van der Waals surface area contributed by atoms with Gasteiger partial charge in [0.05, 0.1) is 11.8 Å². The molecular formula is C23H24N6O2. The fourth-order valence-corrected chi connectivity index (χ4v) is 4.18. The minimum Gasteiger partial charge on any atom is -0.417 e. The number of aromatic nitrogens is 5. The minimum absolute atomic E-state index is 0.0462. The molecule has 1 fully saturated rings. The average molecular weight is 416 g/mol. The number of pyridine rings is 1. The van der Waals surface area contributed by atoms with Crippen LogP contribution >= 0.6 is 0 Å². The van der Waals surface area contributed by atoms with Gasteiger partial charge in [-0.1, -0.05) is 31.2 Å². The van der Waals surface area contributed by atoms with Crippen molar-refractivity contribution in [1.29, 1.82) is 0 Å². The van der Waals surface area contributed by atoms with E-state index in [-0.39, 0.29) is 11.9 Å². The molecule has 158 valence electrons. The first-order chi connectivity index (χ1) is 15.2. The van der Waals surface area contributed by atoms with E-state index in [4.69, 9.17) is 4.42 Å². The van der Waals surface area contributed by atoms with E-state index >= 15 is 0 Å². The number of hydrogen-bond donors (Lipinski definition) is 0. The Morgan fingerprint density at radius 3 is 3.00 bits per heavy atom. The van der Waals surface area contributed by atoms with Crippen molar-refractivity contribution in [1.82, 2.24) is 29.9 Å². The molecule has 8 nitrogen and oxygen atoms in total. The fourth-order valence-electron chi connectivity index (χ4n) is 4.18. The quantitative estimate of drug-likeness (QED) is 0.483. The lowest BCUT2D eigenvalue weighted by Gasteiger charge is -2.33. The number of likely N-dealkylation sites (tertiary alicyclic amines) is 1. The summed E-state index contributed by atoms with van der Waals surface area (Å²) in [5.74, 6) is 0.786. The van der Waals surface area contributed by atoms with E-state index in [1.54, 1.807) is 12.4 Å². The van der Waals surface area contributed by atoms with E-state index in [2.05, 4.69) is 27.2 Å². The highest BCUT2D eigenvalue weighted by Crippen LogP contribution is 2.33. The van der Waals surface area contributed by atoms with Gasteiger partial charge in [-0.05, 0) is 37.1 Å². The number of hydrogen-bond acceptors (Lipinski definition) is 6. The second-order valence-electron chi connectivity index (χ2n) is 7.83. The fraction of sp³-hybridized carbons (Fsp3) is 0.348. The van der Waals surface area contributed by atoms with Gasteiger partial charge in [0, 0.05) is 30.9 Å². The molecular weight excluding hydrogens is 392 g/mol. The van der Waals surface area contributed by atoms with Gasteiger partial charge in [-0.15, -0.1) is 10.2 Å². The maximum atomic E-state index is 13.2. The topological polar surface area (TPSA) is 89.9 Å². The summed E-state index contributed by atoms with van der Waals surface area (Å²) in [5.41, 5.74) is 1.25. The van der Waals surface area contributed by atoms with Crippen LogP contribution in [-0.4, -0.2) is 42.3 Å². The summed E-state index contributed by atoms with van der Waals surface area (Å²) >= 11 is 0. The van der Waals surface area contributed by atoms with Crippen LogP contribution in [0, 0.1) is 0 Å². The Labute approximate surface area is 179 Å². The van der Waals surface area contributed by atoms with Crippen LogP contribution in [0.15, 0.2) is 53.3 Å². The number of fused-ring (bicyclic) bond motifs is 1. The summed E-state index contributed by atoms with van der Waals surface area (Å²) < 4.78 is 7.89. The van der Waals surface area contributed by atoms with Crippen LogP contribution in [0.2, 0.25) is 0 Å². The number of rotatable bonds is 5. The Bertz CT molecular complexity index is 1210. The van der Waals surface area contributed by atoms with Crippen LogP contribution in [-0.2, 0) is 6.54 Å². The predicted molar refractivity (Wildman–Crippen MR) is 115 cm³/mol. The minimum atomic E-state index is -0.244. The highest BCUT2D eigenvalue weighted by Gasteiger charge is 2.33. The maximum absolute atomic E-state index is 13.2. The first-order valence-corrected chi connectivity index (χ1v) is 10.8. The largest absolute Gasteiger partial charge is 0.417 e. The molecule has 0 bridgehead atoms. The van der Waals surface area contributed by atoms with Crippen molar-refractivity contribution < 1.29 is 9.21 Å². The molecule has 0 unspecified atom stereocenters. The van der Waals surface area contributed by atoms with Gasteiger partial charge in [0.2, 0.25) is 5.89 Å². The molecule has 1 atom stereocenters. The van der Waals surface area contributed by atoms with Crippen LogP contribution in [0.1, 0.15) is 54.9 Å². The number of piperidine rings is 1. The Morgan fingerprint density at radius 2 is 2.10 bits per heavy atom. The molecule has 1 aliphatic rings. The van der Waals surface area contributed by atoms with E-state index in [1.165, 1.54) is 0 Å². The molecule has 1 saturated heterocycles. The zero-order valence-electron chi connectivity index (χ0n) is 17.4. The molecule has 8 heteroatoms. The first kappa shape index (κ1) is 19.4. The van der Waals surface area contributed by atoms with Crippen LogP contribution < -0.4 is 0 Å². The summed E-state index contributed by atoms with van der Waals surface area (Å²) in [4.78, 5) is 19.5. The third-order valence-electron chi connectivity index (χ3n) is 5.70. The van der Waals surface area contributed by atoms with Gasteiger partial charge < -0.3 is 9.32 Å². The molecule has 3 aromatic heterocycles. The molecule has 0 N–H and O–H groups in total. The molecule has 4 heterocycles. The second-order valence-corrected chi connectivity index (χ2v) is 7.83. The number of benzene rings is 1. The van der Waals surface area contributed by atoms with Crippen LogP contribution in [0.25, 0.3) is 22.4 Å². The van der Waals surface area contributed by atoms with Crippen molar-refractivity contribution in [3.8, 4) is 11.6 Å². The lowest BCUT2D eigenvalue weighted by atomic mass is 10.0. The Kier molecular flexibility index (Phi) is 5.19. The number of aryl methyl sites for hydroxylation is 1. The van der Waals surface area contributed by atoms with Crippen molar-refractivity contribution in [2.24, 2.45) is 0 Å². The Hall–Kier alpha value is -3.55. The molecule has 0 saturated carbocycles. The number of amides is 1. The molecule has 4 aromatic rings. The van der Waals surface area contributed by atoms with Crippen molar-refractivity contribution in [2.75, 3.05) is 6.54 Å². The number of carbonyl (C=O) groups excluding carboxylic acids is 1. The smallest absolute Gasteiger partial charge is 0.267 e. The molecule has 5 rings (SSSR count). The summed E-state index contributed by atoms with van der Waals surface area (Å²) in [6, 6.07) is 9.68. The molecule has 1 aliphatic heterocycles. The zero-order valence-corrected chi connectivity index (χ0v) is 17.4. The molecule has 1 amide bonds. The number of nitrogens with zero attached hydrogens (tertiary/aromatic N) is 6. The SMILES string of the molecule is CCCn1cc(C(=O)N2CCCC[C@H]2c2nnc(-c3nccc4ccccc34)o2)cn1.